The van der Waals surface area contributed by atoms with Gasteiger partial charge in [-0.15, -0.1) is 0 Å². The molecule has 0 atom stereocenters. The van der Waals surface area contributed by atoms with Gasteiger partial charge < -0.3 is 15.3 Å². The van der Waals surface area contributed by atoms with Crippen LogP contribution in [0.5, 0.6) is 17.2 Å². The second-order valence-corrected chi connectivity index (χ2v) is 5.71. The number of carbonyl (C=O) groups excluding carboxylic acids is 1. The van der Waals surface area contributed by atoms with Gasteiger partial charge in [0, 0.05) is 11.3 Å². The molecule has 1 saturated carbocycles. The Balaban J connectivity index is 1.94. The van der Waals surface area contributed by atoms with Crippen molar-refractivity contribution in [3.63, 3.8) is 0 Å². The molecule has 0 bridgehead atoms. The fourth-order valence-corrected chi connectivity index (χ4v) is 2.75. The highest BCUT2D eigenvalue weighted by Gasteiger charge is 2.18. The van der Waals surface area contributed by atoms with Crippen molar-refractivity contribution in [2.75, 3.05) is 0 Å². The molecule has 4 N–H and O–H groups in total. The topological polar surface area (TPSA) is 102 Å². The van der Waals surface area contributed by atoms with Crippen LogP contribution in [0.15, 0.2) is 17.2 Å². The molecule has 0 heterocycles. The van der Waals surface area contributed by atoms with Gasteiger partial charge in [-0.05, 0) is 43.7 Å². The lowest BCUT2D eigenvalue weighted by Gasteiger charge is -2.22. The molecule has 0 spiro atoms. The Morgan fingerprint density at radius 1 is 1.23 bits per heavy atom. The number of hydrogen-bond donors (Lipinski definition) is 4. The summed E-state index contributed by atoms with van der Waals surface area (Å²) in [5.41, 5.74) is 3.44. The molecule has 2 rings (SSSR count). The molecule has 120 valence electrons. The second kappa shape index (κ2) is 7.15. The number of hydrazone groups is 1. The predicted molar refractivity (Wildman–Crippen MR) is 83.2 cm³/mol. The van der Waals surface area contributed by atoms with Gasteiger partial charge in [0.2, 0.25) is 0 Å². The number of aromatic hydroxyl groups is 3. The average molecular weight is 306 g/mol. The summed E-state index contributed by atoms with van der Waals surface area (Å²) >= 11 is 0. The fourth-order valence-electron chi connectivity index (χ4n) is 2.75. The largest absolute Gasteiger partial charge is 0.504 e. The van der Waals surface area contributed by atoms with E-state index in [1.54, 1.807) is 0 Å². The molecular weight excluding hydrogens is 284 g/mol. The number of phenols is 3. The van der Waals surface area contributed by atoms with Crippen molar-refractivity contribution in [3.05, 3.63) is 17.7 Å². The Bertz CT molecular complexity index is 551. The van der Waals surface area contributed by atoms with Crippen molar-refractivity contribution in [1.82, 2.24) is 5.43 Å². The zero-order valence-corrected chi connectivity index (χ0v) is 12.7. The number of hydrogen-bond acceptors (Lipinski definition) is 5. The Labute approximate surface area is 129 Å². The number of rotatable bonds is 4. The number of benzene rings is 1. The molecule has 1 aromatic carbocycles. The third-order valence-corrected chi connectivity index (χ3v) is 4.03. The first-order valence-electron chi connectivity index (χ1n) is 7.62. The lowest BCUT2D eigenvalue weighted by atomic mass is 9.85. The summed E-state index contributed by atoms with van der Waals surface area (Å²) in [4.78, 5) is 11.9. The summed E-state index contributed by atoms with van der Waals surface area (Å²) in [6, 6.07) is 2.17. The molecule has 0 radical (unpaired) electrons. The Morgan fingerprint density at radius 2 is 1.82 bits per heavy atom. The molecule has 0 saturated heterocycles. The molecule has 0 aromatic heterocycles. The van der Waals surface area contributed by atoms with Crippen LogP contribution in [-0.4, -0.2) is 26.9 Å². The molecule has 1 aliphatic carbocycles. The van der Waals surface area contributed by atoms with E-state index in [-0.39, 0.29) is 5.56 Å². The molecule has 1 amide bonds. The fraction of sp³-hybridized carbons (Fsp3) is 0.500. The standard InChI is InChI=1S/C16H22N2O4/c1-2-3-10-4-6-12(7-5-10)17-18-16(22)11-8-13(19)15(21)14(20)9-11/h8-10,19-21H,2-7H2,1H3,(H,18,22). The van der Waals surface area contributed by atoms with E-state index >= 15 is 0 Å². The van der Waals surface area contributed by atoms with Crippen molar-refractivity contribution < 1.29 is 20.1 Å². The minimum absolute atomic E-state index is 0.0387. The highest BCUT2D eigenvalue weighted by atomic mass is 16.3. The van der Waals surface area contributed by atoms with E-state index in [0.29, 0.717) is 0 Å². The van der Waals surface area contributed by atoms with Crippen LogP contribution >= 0.6 is 0 Å². The van der Waals surface area contributed by atoms with Gasteiger partial charge in [-0.1, -0.05) is 19.8 Å². The maximum atomic E-state index is 11.9. The van der Waals surface area contributed by atoms with E-state index in [9.17, 15) is 20.1 Å². The quantitative estimate of drug-likeness (QED) is 0.507. The van der Waals surface area contributed by atoms with E-state index in [4.69, 9.17) is 0 Å². The minimum atomic E-state index is -0.642. The van der Waals surface area contributed by atoms with Gasteiger partial charge in [0.15, 0.2) is 17.2 Å². The maximum Gasteiger partial charge on any atom is 0.271 e. The van der Waals surface area contributed by atoms with Gasteiger partial charge in [-0.2, -0.15) is 5.10 Å². The van der Waals surface area contributed by atoms with Crippen LogP contribution in [0, 0.1) is 5.92 Å². The normalized spacial score (nSPS) is 18.0. The SMILES string of the molecule is CCCC1CCC(=NNC(=O)c2cc(O)c(O)c(O)c2)CC1. The lowest BCUT2D eigenvalue weighted by Crippen LogP contribution is -2.22. The van der Waals surface area contributed by atoms with Gasteiger partial charge in [0.05, 0.1) is 0 Å². The van der Waals surface area contributed by atoms with Crippen LogP contribution in [0.25, 0.3) is 0 Å². The molecule has 1 aromatic rings. The molecule has 1 fully saturated rings. The van der Waals surface area contributed by atoms with Crippen molar-refractivity contribution >= 4 is 11.6 Å². The van der Waals surface area contributed by atoms with Crippen molar-refractivity contribution in [1.29, 1.82) is 0 Å². The van der Waals surface area contributed by atoms with E-state index in [1.165, 1.54) is 12.8 Å². The third kappa shape index (κ3) is 3.90. The highest BCUT2D eigenvalue weighted by molar-refractivity contribution is 5.96. The van der Waals surface area contributed by atoms with Crippen LogP contribution < -0.4 is 5.43 Å². The molecule has 22 heavy (non-hydrogen) atoms. The molecule has 1 aliphatic rings. The highest BCUT2D eigenvalue weighted by Crippen LogP contribution is 2.35. The molecular formula is C16H22N2O4. The third-order valence-electron chi connectivity index (χ3n) is 4.03. The first-order chi connectivity index (χ1) is 10.5. The van der Waals surface area contributed by atoms with Gasteiger partial charge in [0.25, 0.3) is 5.91 Å². The zero-order valence-electron chi connectivity index (χ0n) is 12.7. The summed E-state index contributed by atoms with van der Waals surface area (Å²) in [7, 11) is 0. The van der Waals surface area contributed by atoms with E-state index in [0.717, 1.165) is 49.4 Å². The Morgan fingerprint density at radius 3 is 2.36 bits per heavy atom. The van der Waals surface area contributed by atoms with Crippen LogP contribution in [0.1, 0.15) is 55.8 Å². The minimum Gasteiger partial charge on any atom is -0.504 e. The van der Waals surface area contributed by atoms with Crippen LogP contribution in [0.4, 0.5) is 0 Å². The van der Waals surface area contributed by atoms with Gasteiger partial charge in [-0.3, -0.25) is 4.79 Å². The smallest absolute Gasteiger partial charge is 0.271 e. The second-order valence-electron chi connectivity index (χ2n) is 5.71. The molecule has 0 unspecified atom stereocenters. The summed E-state index contributed by atoms with van der Waals surface area (Å²) in [6.07, 6.45) is 6.41. The average Bonchev–Trinajstić information content (AvgIpc) is 2.51. The molecule has 6 heteroatoms. The number of nitrogens with zero attached hydrogens (tertiary/aromatic N) is 1. The number of amides is 1. The predicted octanol–water partition coefficient (Wildman–Crippen LogP) is 2.88. The monoisotopic (exact) mass is 306 g/mol. The van der Waals surface area contributed by atoms with Crippen LogP contribution in [0.3, 0.4) is 0 Å². The lowest BCUT2D eigenvalue weighted by molar-refractivity contribution is 0.0953. The van der Waals surface area contributed by atoms with Gasteiger partial charge in [-0.25, -0.2) is 5.43 Å². The van der Waals surface area contributed by atoms with E-state index in [2.05, 4.69) is 17.5 Å². The van der Waals surface area contributed by atoms with Gasteiger partial charge >= 0.3 is 0 Å². The summed E-state index contributed by atoms with van der Waals surface area (Å²) in [5, 5.41) is 32.2. The number of carbonyl (C=O) groups is 1. The summed E-state index contributed by atoms with van der Waals surface area (Å²) in [6.45, 7) is 2.19. The molecule has 6 nitrogen and oxygen atoms in total. The van der Waals surface area contributed by atoms with Crippen molar-refractivity contribution in [2.45, 2.75) is 45.4 Å². The summed E-state index contributed by atoms with van der Waals surface area (Å²) in [5.74, 6) is -1.51. The molecule has 0 aliphatic heterocycles. The van der Waals surface area contributed by atoms with E-state index < -0.39 is 23.2 Å². The Kier molecular flexibility index (Phi) is 5.25. The maximum absolute atomic E-state index is 11.9. The van der Waals surface area contributed by atoms with Crippen molar-refractivity contribution in [3.8, 4) is 17.2 Å². The van der Waals surface area contributed by atoms with Crippen LogP contribution in [-0.2, 0) is 0 Å². The van der Waals surface area contributed by atoms with Crippen LogP contribution in [0.2, 0.25) is 0 Å². The first kappa shape index (κ1) is 16.1. The van der Waals surface area contributed by atoms with Crippen molar-refractivity contribution in [2.24, 2.45) is 11.0 Å². The number of nitrogens with one attached hydrogen (secondary N) is 1. The number of phenolic OH excluding ortho intramolecular Hbond substituents is 3. The first-order valence-corrected chi connectivity index (χ1v) is 7.62. The van der Waals surface area contributed by atoms with E-state index in [1.807, 2.05) is 0 Å². The zero-order chi connectivity index (χ0) is 16.1. The van der Waals surface area contributed by atoms with Gasteiger partial charge in [0.1, 0.15) is 0 Å². The summed E-state index contributed by atoms with van der Waals surface area (Å²) < 4.78 is 0. The Hall–Kier alpha value is -2.24.